The molecule has 2 aliphatic heterocycles. The molecular weight excluding hydrogens is 352 g/mol. The molecule has 0 bridgehead atoms. The minimum atomic E-state index is -0.203. The minimum Gasteiger partial charge on any atom is -0.497 e. The predicted octanol–water partition coefficient (Wildman–Crippen LogP) is 3.33. The Hall–Kier alpha value is -2.53. The Morgan fingerprint density at radius 2 is 1.64 bits per heavy atom. The molecule has 1 amide bonds. The highest BCUT2D eigenvalue weighted by molar-refractivity contribution is 5.85. The third-order valence-electron chi connectivity index (χ3n) is 6.11. The molecular formula is C23H28N2O3. The van der Waals surface area contributed by atoms with Crippen LogP contribution >= 0.6 is 0 Å². The molecule has 5 heteroatoms. The molecule has 2 aromatic carbocycles. The molecule has 2 fully saturated rings. The van der Waals surface area contributed by atoms with E-state index in [1.807, 2.05) is 35.2 Å². The maximum absolute atomic E-state index is 13.2. The number of amides is 1. The lowest BCUT2D eigenvalue weighted by atomic mass is 9.85. The van der Waals surface area contributed by atoms with E-state index < -0.39 is 0 Å². The summed E-state index contributed by atoms with van der Waals surface area (Å²) in [5.41, 5.74) is 2.18. The van der Waals surface area contributed by atoms with Crippen LogP contribution < -0.4 is 9.47 Å². The first-order valence-electron chi connectivity index (χ1n) is 9.89. The number of hydrogen-bond acceptors (Lipinski definition) is 4. The highest BCUT2D eigenvalue weighted by Gasteiger charge is 2.50. The number of likely N-dealkylation sites (tertiary alicyclic amines) is 2. The average Bonchev–Trinajstić information content (AvgIpc) is 3.27. The highest BCUT2D eigenvalue weighted by atomic mass is 16.5. The third kappa shape index (κ3) is 3.72. The number of rotatable bonds is 6. The maximum Gasteiger partial charge on any atom is 0.230 e. The zero-order chi connectivity index (χ0) is 19.6. The van der Waals surface area contributed by atoms with Crippen LogP contribution in [0.25, 0.3) is 0 Å². The van der Waals surface area contributed by atoms with E-state index in [1.54, 1.807) is 14.2 Å². The van der Waals surface area contributed by atoms with Gasteiger partial charge in [0, 0.05) is 26.2 Å². The number of benzene rings is 2. The van der Waals surface area contributed by atoms with Crippen molar-refractivity contribution in [3.63, 3.8) is 0 Å². The second-order valence-corrected chi connectivity index (χ2v) is 7.92. The Morgan fingerprint density at radius 3 is 2.39 bits per heavy atom. The van der Waals surface area contributed by atoms with Crippen molar-refractivity contribution in [3.8, 4) is 11.5 Å². The van der Waals surface area contributed by atoms with Crippen molar-refractivity contribution in [2.45, 2.75) is 25.9 Å². The lowest BCUT2D eigenvalue weighted by Crippen LogP contribution is -2.36. The largest absolute Gasteiger partial charge is 0.497 e. The number of carbonyl (C=O) groups excluding carboxylic acids is 1. The van der Waals surface area contributed by atoms with E-state index in [4.69, 9.17) is 9.47 Å². The Kier molecular flexibility index (Phi) is 5.27. The van der Waals surface area contributed by atoms with Gasteiger partial charge in [-0.1, -0.05) is 24.3 Å². The van der Waals surface area contributed by atoms with E-state index in [0.717, 1.165) is 56.1 Å². The topological polar surface area (TPSA) is 42.0 Å². The van der Waals surface area contributed by atoms with Gasteiger partial charge in [-0.05, 0) is 54.8 Å². The number of methoxy groups -OCH3 is 2. The van der Waals surface area contributed by atoms with Crippen LogP contribution in [0.5, 0.6) is 11.5 Å². The Bertz CT molecular complexity index is 836. The van der Waals surface area contributed by atoms with E-state index in [1.165, 1.54) is 5.56 Å². The van der Waals surface area contributed by atoms with E-state index >= 15 is 0 Å². The summed E-state index contributed by atoms with van der Waals surface area (Å²) in [5, 5.41) is 0. The standard InChI is InChI=1S/C23H28N2O3/c1-27-20-8-6-18(7-9-20)15-24-12-10-23(17-24)11-13-25(22(23)26)16-19-4-3-5-21(14-19)28-2/h3-9,14H,10-13,15-17H2,1-2H3. The van der Waals surface area contributed by atoms with Gasteiger partial charge in [-0.15, -0.1) is 0 Å². The van der Waals surface area contributed by atoms with E-state index in [-0.39, 0.29) is 5.41 Å². The van der Waals surface area contributed by atoms with Crippen molar-refractivity contribution in [1.29, 1.82) is 0 Å². The minimum absolute atomic E-state index is 0.203. The average molecular weight is 380 g/mol. The molecule has 2 saturated heterocycles. The van der Waals surface area contributed by atoms with Gasteiger partial charge in [0.2, 0.25) is 5.91 Å². The Balaban J connectivity index is 1.38. The number of carbonyl (C=O) groups is 1. The highest BCUT2D eigenvalue weighted by Crippen LogP contribution is 2.41. The van der Waals surface area contributed by atoms with Crippen LogP contribution in [0.2, 0.25) is 0 Å². The first-order chi connectivity index (χ1) is 13.6. The summed E-state index contributed by atoms with van der Waals surface area (Å²) in [6.45, 7) is 4.22. The third-order valence-corrected chi connectivity index (χ3v) is 6.11. The normalized spacial score (nSPS) is 22.2. The molecule has 5 nitrogen and oxygen atoms in total. The predicted molar refractivity (Wildman–Crippen MR) is 108 cm³/mol. The van der Waals surface area contributed by atoms with Crippen molar-refractivity contribution < 1.29 is 14.3 Å². The first-order valence-corrected chi connectivity index (χ1v) is 9.89. The zero-order valence-corrected chi connectivity index (χ0v) is 16.7. The van der Waals surface area contributed by atoms with Crippen LogP contribution in [0.1, 0.15) is 24.0 Å². The number of nitrogens with zero attached hydrogens (tertiary/aromatic N) is 2. The number of hydrogen-bond donors (Lipinski definition) is 0. The van der Waals surface area contributed by atoms with E-state index in [2.05, 4.69) is 23.1 Å². The second kappa shape index (κ2) is 7.84. The smallest absolute Gasteiger partial charge is 0.230 e. The SMILES string of the molecule is COc1ccc(CN2CCC3(CCN(Cc4cccc(OC)c4)C3=O)C2)cc1. The summed E-state index contributed by atoms with van der Waals surface area (Å²) in [6, 6.07) is 16.2. The van der Waals surface area contributed by atoms with Crippen LogP contribution in [0.15, 0.2) is 48.5 Å². The molecule has 0 aliphatic carbocycles. The molecule has 0 radical (unpaired) electrons. The molecule has 2 aliphatic rings. The Morgan fingerprint density at radius 1 is 0.893 bits per heavy atom. The van der Waals surface area contributed by atoms with Gasteiger partial charge in [-0.3, -0.25) is 9.69 Å². The summed E-state index contributed by atoms with van der Waals surface area (Å²) in [7, 11) is 3.35. The van der Waals surface area contributed by atoms with Crippen LogP contribution in [-0.2, 0) is 17.9 Å². The molecule has 148 valence electrons. The van der Waals surface area contributed by atoms with Gasteiger partial charge in [0.25, 0.3) is 0 Å². The molecule has 0 N–H and O–H groups in total. The lowest BCUT2D eigenvalue weighted by molar-refractivity contribution is -0.136. The quantitative estimate of drug-likeness (QED) is 0.771. The molecule has 0 saturated carbocycles. The number of ether oxygens (including phenoxy) is 2. The molecule has 1 atom stereocenters. The summed E-state index contributed by atoms with van der Waals surface area (Å²) in [4.78, 5) is 17.7. The molecule has 4 rings (SSSR count). The van der Waals surface area contributed by atoms with Crippen LogP contribution in [0, 0.1) is 5.41 Å². The van der Waals surface area contributed by atoms with Gasteiger partial charge in [0.15, 0.2) is 0 Å². The van der Waals surface area contributed by atoms with Gasteiger partial charge in [-0.25, -0.2) is 0 Å². The van der Waals surface area contributed by atoms with Crippen LogP contribution in [0.4, 0.5) is 0 Å². The van der Waals surface area contributed by atoms with Gasteiger partial charge in [0.05, 0.1) is 19.6 Å². The molecule has 1 unspecified atom stereocenters. The lowest BCUT2D eigenvalue weighted by Gasteiger charge is -2.24. The molecule has 2 aromatic rings. The van der Waals surface area contributed by atoms with Crippen molar-refractivity contribution in [1.82, 2.24) is 9.80 Å². The van der Waals surface area contributed by atoms with Gasteiger partial charge in [-0.2, -0.15) is 0 Å². The maximum atomic E-state index is 13.2. The summed E-state index contributed by atoms with van der Waals surface area (Å²) < 4.78 is 10.5. The Labute approximate surface area is 166 Å². The van der Waals surface area contributed by atoms with Gasteiger partial charge in [0.1, 0.15) is 11.5 Å². The fourth-order valence-electron chi connectivity index (χ4n) is 4.50. The van der Waals surface area contributed by atoms with Crippen LogP contribution in [0.3, 0.4) is 0 Å². The monoisotopic (exact) mass is 380 g/mol. The van der Waals surface area contributed by atoms with Crippen molar-refractivity contribution in [2.24, 2.45) is 5.41 Å². The summed E-state index contributed by atoms with van der Waals surface area (Å²) in [5.74, 6) is 2.03. The molecule has 2 heterocycles. The van der Waals surface area contributed by atoms with Gasteiger partial charge < -0.3 is 14.4 Å². The van der Waals surface area contributed by atoms with Crippen LogP contribution in [-0.4, -0.2) is 49.6 Å². The van der Waals surface area contributed by atoms with E-state index in [9.17, 15) is 4.79 Å². The molecule has 1 spiro atoms. The fraction of sp³-hybridized carbons (Fsp3) is 0.435. The zero-order valence-electron chi connectivity index (χ0n) is 16.7. The van der Waals surface area contributed by atoms with Crippen molar-refractivity contribution in [2.75, 3.05) is 33.9 Å². The van der Waals surface area contributed by atoms with Crippen molar-refractivity contribution >= 4 is 5.91 Å². The van der Waals surface area contributed by atoms with E-state index in [0.29, 0.717) is 12.5 Å². The summed E-state index contributed by atoms with van der Waals surface area (Å²) in [6.07, 6.45) is 1.91. The fourth-order valence-corrected chi connectivity index (χ4v) is 4.50. The second-order valence-electron chi connectivity index (χ2n) is 7.92. The molecule has 28 heavy (non-hydrogen) atoms. The molecule has 0 aromatic heterocycles. The van der Waals surface area contributed by atoms with Gasteiger partial charge >= 0.3 is 0 Å². The first kappa shape index (κ1) is 18.8. The van der Waals surface area contributed by atoms with Crippen molar-refractivity contribution in [3.05, 3.63) is 59.7 Å². The summed E-state index contributed by atoms with van der Waals surface area (Å²) >= 11 is 0.